The lowest BCUT2D eigenvalue weighted by atomic mass is 10.1. The summed E-state index contributed by atoms with van der Waals surface area (Å²) in [6.07, 6.45) is -0.881. The molecular formula is C19H34N8O8. The number of hydrogen-bond donors (Lipinski definition) is 9. The van der Waals surface area contributed by atoms with Crippen molar-refractivity contribution in [1.29, 1.82) is 0 Å². The number of primary amides is 1. The van der Waals surface area contributed by atoms with Gasteiger partial charge in [-0.05, 0) is 32.6 Å². The van der Waals surface area contributed by atoms with Gasteiger partial charge in [-0.3, -0.25) is 33.8 Å². The second kappa shape index (κ2) is 15.8. The van der Waals surface area contributed by atoms with E-state index in [2.05, 4.69) is 20.9 Å². The lowest BCUT2D eigenvalue weighted by Gasteiger charge is -2.24. The number of carboxylic acids is 2. The number of hydrogen-bond acceptors (Lipinski definition) is 8. The average molecular weight is 503 g/mol. The highest BCUT2D eigenvalue weighted by Gasteiger charge is 2.29. The molecule has 4 amide bonds. The van der Waals surface area contributed by atoms with Gasteiger partial charge in [-0.2, -0.15) is 0 Å². The second-order valence-corrected chi connectivity index (χ2v) is 7.68. The van der Waals surface area contributed by atoms with Crippen molar-refractivity contribution in [3.05, 3.63) is 0 Å². The van der Waals surface area contributed by atoms with Gasteiger partial charge in [0.2, 0.25) is 23.6 Å². The topological polar surface area (TPSA) is 295 Å². The largest absolute Gasteiger partial charge is 0.481 e. The van der Waals surface area contributed by atoms with Gasteiger partial charge >= 0.3 is 11.9 Å². The Balaban J connectivity index is 5.39. The van der Waals surface area contributed by atoms with Gasteiger partial charge in [-0.15, -0.1) is 0 Å². The Morgan fingerprint density at radius 1 is 0.800 bits per heavy atom. The molecule has 16 nitrogen and oxygen atoms in total. The van der Waals surface area contributed by atoms with E-state index >= 15 is 0 Å². The molecule has 13 N–H and O–H groups in total. The third-order valence-electron chi connectivity index (χ3n) is 4.63. The highest BCUT2D eigenvalue weighted by molar-refractivity contribution is 5.94. The van der Waals surface area contributed by atoms with Gasteiger partial charge in [0.25, 0.3) is 0 Å². The zero-order valence-electron chi connectivity index (χ0n) is 19.4. The van der Waals surface area contributed by atoms with Crippen LogP contribution < -0.4 is 38.9 Å². The zero-order valence-corrected chi connectivity index (χ0v) is 19.4. The first kappa shape index (κ1) is 31.0. The third kappa shape index (κ3) is 14.0. The molecule has 198 valence electrons. The predicted octanol–water partition coefficient (Wildman–Crippen LogP) is -3.94. The number of amides is 4. The molecule has 0 aromatic heterocycles. The fourth-order valence-corrected chi connectivity index (χ4v) is 2.67. The molecule has 0 aliphatic heterocycles. The minimum Gasteiger partial charge on any atom is -0.481 e. The number of nitrogens with one attached hydrogen (secondary N) is 3. The first-order valence-corrected chi connectivity index (χ1v) is 10.7. The molecule has 0 fully saturated rings. The van der Waals surface area contributed by atoms with Crippen molar-refractivity contribution in [1.82, 2.24) is 16.0 Å². The van der Waals surface area contributed by atoms with E-state index in [-0.39, 0.29) is 38.2 Å². The first-order valence-electron chi connectivity index (χ1n) is 10.7. The molecule has 0 saturated heterocycles. The van der Waals surface area contributed by atoms with Crippen molar-refractivity contribution in [2.75, 3.05) is 6.54 Å². The molecule has 16 heteroatoms. The van der Waals surface area contributed by atoms with Crippen LogP contribution in [0.3, 0.4) is 0 Å². The minimum atomic E-state index is -1.39. The lowest BCUT2D eigenvalue weighted by Crippen LogP contribution is -2.57. The van der Waals surface area contributed by atoms with E-state index in [0.717, 1.165) is 0 Å². The number of carboxylic acid groups (broad SMARTS) is 2. The third-order valence-corrected chi connectivity index (χ3v) is 4.63. The van der Waals surface area contributed by atoms with Crippen molar-refractivity contribution < 1.29 is 39.0 Å². The van der Waals surface area contributed by atoms with Crippen LogP contribution in [0.2, 0.25) is 0 Å². The summed E-state index contributed by atoms with van der Waals surface area (Å²) in [6, 6.07) is -5.12. The van der Waals surface area contributed by atoms with Crippen LogP contribution in [-0.2, 0) is 28.8 Å². The van der Waals surface area contributed by atoms with Gasteiger partial charge in [0, 0.05) is 19.4 Å². The Morgan fingerprint density at radius 2 is 1.31 bits per heavy atom. The van der Waals surface area contributed by atoms with Crippen LogP contribution in [0, 0.1) is 0 Å². The number of nitrogens with two attached hydrogens (primary N) is 4. The van der Waals surface area contributed by atoms with Crippen molar-refractivity contribution in [2.24, 2.45) is 27.9 Å². The van der Waals surface area contributed by atoms with E-state index in [4.69, 9.17) is 33.1 Å². The van der Waals surface area contributed by atoms with E-state index in [1.165, 1.54) is 6.92 Å². The van der Waals surface area contributed by atoms with Crippen LogP contribution >= 0.6 is 0 Å². The van der Waals surface area contributed by atoms with Gasteiger partial charge < -0.3 is 49.1 Å². The monoisotopic (exact) mass is 502 g/mol. The summed E-state index contributed by atoms with van der Waals surface area (Å²) < 4.78 is 0. The normalized spacial score (nSPS) is 13.9. The van der Waals surface area contributed by atoms with Crippen LogP contribution in [0.15, 0.2) is 4.99 Å². The molecule has 0 heterocycles. The van der Waals surface area contributed by atoms with Crippen LogP contribution in [-0.4, -0.2) is 82.5 Å². The summed E-state index contributed by atoms with van der Waals surface area (Å²) in [4.78, 5) is 74.6. The maximum Gasteiger partial charge on any atom is 0.325 e. The Kier molecular flexibility index (Phi) is 14.0. The summed E-state index contributed by atoms with van der Waals surface area (Å²) in [5, 5.41) is 24.7. The van der Waals surface area contributed by atoms with Crippen LogP contribution in [0.5, 0.6) is 0 Å². The summed E-state index contributed by atoms with van der Waals surface area (Å²) in [7, 11) is 0. The number of aliphatic imine (C=N–C) groups is 1. The molecule has 4 unspecified atom stereocenters. The van der Waals surface area contributed by atoms with Crippen LogP contribution in [0.1, 0.15) is 45.4 Å². The van der Waals surface area contributed by atoms with E-state index < -0.39 is 66.2 Å². The molecule has 0 spiro atoms. The Morgan fingerprint density at radius 3 is 1.80 bits per heavy atom. The molecule has 0 bridgehead atoms. The zero-order chi connectivity index (χ0) is 27.1. The molecule has 4 atom stereocenters. The second-order valence-electron chi connectivity index (χ2n) is 7.68. The quantitative estimate of drug-likeness (QED) is 0.0525. The van der Waals surface area contributed by atoms with Gasteiger partial charge in [-0.1, -0.05) is 0 Å². The van der Waals surface area contributed by atoms with Crippen LogP contribution in [0.4, 0.5) is 0 Å². The Hall–Kier alpha value is -3.95. The Labute approximate surface area is 201 Å². The molecule has 0 rings (SSSR count). The molecule has 0 radical (unpaired) electrons. The van der Waals surface area contributed by atoms with E-state index in [1.807, 2.05) is 0 Å². The average Bonchev–Trinajstić information content (AvgIpc) is 2.75. The van der Waals surface area contributed by atoms with E-state index in [1.54, 1.807) is 0 Å². The minimum absolute atomic E-state index is 0.124. The van der Waals surface area contributed by atoms with Crippen molar-refractivity contribution >= 4 is 41.5 Å². The number of carbonyl (C=O) groups is 6. The maximum atomic E-state index is 12.8. The first-order chi connectivity index (χ1) is 16.2. The lowest BCUT2D eigenvalue weighted by molar-refractivity contribution is -0.142. The molecule has 0 aliphatic rings. The van der Waals surface area contributed by atoms with Gasteiger partial charge in [0.1, 0.15) is 18.1 Å². The van der Waals surface area contributed by atoms with E-state index in [0.29, 0.717) is 6.42 Å². The van der Waals surface area contributed by atoms with E-state index in [9.17, 15) is 28.8 Å². The molecule has 0 saturated carbocycles. The molecular weight excluding hydrogens is 468 g/mol. The summed E-state index contributed by atoms with van der Waals surface area (Å²) in [5.74, 6) is -6.06. The standard InChI is InChI=1S/C19H34N8O8/c1-9(18(34)35)25-16(32)11(4-6-13(21)28)27-17(33)12(5-7-14(29)30)26-15(31)10(20)3-2-8-24-19(22)23/h9-12H,2-8,20H2,1H3,(H2,21,28)(H,25,32)(H,26,31)(H,27,33)(H,29,30)(H,34,35)(H4,22,23,24). The summed E-state index contributed by atoms with van der Waals surface area (Å²) >= 11 is 0. The Bertz CT molecular complexity index is 815. The predicted molar refractivity (Wildman–Crippen MR) is 122 cm³/mol. The number of guanidine groups is 1. The number of nitrogens with zero attached hydrogens (tertiary/aromatic N) is 1. The molecule has 0 aliphatic carbocycles. The fraction of sp³-hybridized carbons (Fsp3) is 0.632. The highest BCUT2D eigenvalue weighted by atomic mass is 16.4. The fourth-order valence-electron chi connectivity index (χ4n) is 2.67. The van der Waals surface area contributed by atoms with Gasteiger partial charge in [0.05, 0.1) is 6.04 Å². The SMILES string of the molecule is CC(NC(=O)C(CCC(N)=O)NC(=O)C(CCC(=O)O)NC(=O)C(N)CCCN=C(N)N)C(=O)O. The molecule has 0 aromatic rings. The number of rotatable bonds is 17. The van der Waals surface area contributed by atoms with Gasteiger partial charge in [-0.25, -0.2) is 0 Å². The molecule has 0 aromatic carbocycles. The van der Waals surface area contributed by atoms with Crippen molar-refractivity contribution in [2.45, 2.75) is 69.6 Å². The summed E-state index contributed by atoms with van der Waals surface area (Å²) in [6.45, 7) is 1.41. The number of carbonyl (C=O) groups excluding carboxylic acids is 4. The smallest absolute Gasteiger partial charge is 0.325 e. The van der Waals surface area contributed by atoms with Crippen molar-refractivity contribution in [3.8, 4) is 0 Å². The number of aliphatic carboxylic acids is 2. The molecule has 35 heavy (non-hydrogen) atoms. The van der Waals surface area contributed by atoms with Crippen LogP contribution in [0.25, 0.3) is 0 Å². The van der Waals surface area contributed by atoms with Gasteiger partial charge in [0.15, 0.2) is 5.96 Å². The van der Waals surface area contributed by atoms with Crippen molar-refractivity contribution in [3.63, 3.8) is 0 Å². The highest BCUT2D eigenvalue weighted by Crippen LogP contribution is 2.05. The summed E-state index contributed by atoms with van der Waals surface area (Å²) in [5.41, 5.74) is 21.3. The maximum absolute atomic E-state index is 12.8.